The molecule has 0 saturated heterocycles. The molecule has 0 aliphatic heterocycles. The fourth-order valence-electron chi connectivity index (χ4n) is 3.51. The number of hydrogen-bond acceptors (Lipinski definition) is 3. The zero-order valence-electron chi connectivity index (χ0n) is 18.6. The number of benzene rings is 3. The number of aromatic nitrogens is 3. The van der Waals surface area contributed by atoms with E-state index in [0.29, 0.717) is 15.8 Å². The SMILES string of the molecule is Cc1ccccc1-n1c(SCc2c(Cl)cccc2Cl)nnc1-c1ccc(C(C)(C)C)cc1. The fourth-order valence-corrected chi connectivity index (χ4v) is 5.19. The number of rotatable bonds is 5. The van der Waals surface area contributed by atoms with Crippen molar-refractivity contribution in [3.05, 3.63) is 93.5 Å². The molecule has 1 heterocycles. The molecule has 0 aliphatic rings. The van der Waals surface area contributed by atoms with Crippen LogP contribution in [0.5, 0.6) is 0 Å². The minimum atomic E-state index is 0.0947. The van der Waals surface area contributed by atoms with Gasteiger partial charge in [-0.2, -0.15) is 0 Å². The minimum absolute atomic E-state index is 0.0947. The minimum Gasteiger partial charge on any atom is -0.270 e. The van der Waals surface area contributed by atoms with E-state index in [2.05, 4.69) is 78.9 Å². The van der Waals surface area contributed by atoms with Gasteiger partial charge in [-0.1, -0.05) is 104 Å². The van der Waals surface area contributed by atoms with E-state index in [9.17, 15) is 0 Å². The van der Waals surface area contributed by atoms with E-state index in [1.54, 1.807) is 11.8 Å². The van der Waals surface area contributed by atoms with Crippen LogP contribution in [0.4, 0.5) is 0 Å². The molecule has 0 spiro atoms. The van der Waals surface area contributed by atoms with Crippen molar-refractivity contribution in [2.45, 2.75) is 44.0 Å². The average Bonchev–Trinajstić information content (AvgIpc) is 3.17. The van der Waals surface area contributed by atoms with Crippen molar-refractivity contribution >= 4 is 35.0 Å². The summed E-state index contributed by atoms with van der Waals surface area (Å²) in [7, 11) is 0. The molecule has 1 aromatic heterocycles. The number of para-hydroxylation sites is 1. The molecule has 4 aromatic rings. The lowest BCUT2D eigenvalue weighted by molar-refractivity contribution is 0.590. The van der Waals surface area contributed by atoms with Gasteiger partial charge < -0.3 is 0 Å². The molecule has 0 atom stereocenters. The van der Waals surface area contributed by atoms with Gasteiger partial charge in [0, 0.05) is 21.4 Å². The smallest absolute Gasteiger partial charge is 0.196 e. The fraction of sp³-hybridized carbons (Fsp3) is 0.231. The monoisotopic (exact) mass is 481 g/mol. The Morgan fingerprint density at radius 3 is 2.12 bits per heavy atom. The Hall–Kier alpha value is -2.27. The van der Waals surface area contributed by atoms with E-state index in [0.717, 1.165) is 33.4 Å². The van der Waals surface area contributed by atoms with Gasteiger partial charge in [-0.05, 0) is 47.2 Å². The van der Waals surface area contributed by atoms with Gasteiger partial charge in [0.25, 0.3) is 0 Å². The summed E-state index contributed by atoms with van der Waals surface area (Å²) in [4.78, 5) is 0. The van der Waals surface area contributed by atoms with Crippen molar-refractivity contribution in [2.75, 3.05) is 0 Å². The topological polar surface area (TPSA) is 30.7 Å². The first kappa shape index (κ1) is 22.9. The van der Waals surface area contributed by atoms with Crippen LogP contribution >= 0.6 is 35.0 Å². The largest absolute Gasteiger partial charge is 0.270 e. The van der Waals surface area contributed by atoms with E-state index in [1.807, 2.05) is 30.3 Å². The summed E-state index contributed by atoms with van der Waals surface area (Å²) in [5.41, 5.74) is 5.51. The lowest BCUT2D eigenvalue weighted by Gasteiger charge is -2.19. The van der Waals surface area contributed by atoms with Gasteiger partial charge >= 0.3 is 0 Å². The first-order valence-electron chi connectivity index (χ1n) is 10.4. The molecule has 0 aliphatic carbocycles. The highest BCUT2D eigenvalue weighted by atomic mass is 35.5. The van der Waals surface area contributed by atoms with Crippen LogP contribution in [-0.2, 0) is 11.2 Å². The van der Waals surface area contributed by atoms with Crippen molar-refractivity contribution in [1.29, 1.82) is 0 Å². The zero-order valence-corrected chi connectivity index (χ0v) is 20.9. The number of aryl methyl sites for hydroxylation is 1. The van der Waals surface area contributed by atoms with Crippen molar-refractivity contribution in [1.82, 2.24) is 14.8 Å². The van der Waals surface area contributed by atoms with Gasteiger partial charge in [0.15, 0.2) is 11.0 Å². The number of thioether (sulfide) groups is 1. The summed E-state index contributed by atoms with van der Waals surface area (Å²) in [6, 6.07) is 22.4. The van der Waals surface area contributed by atoms with Crippen LogP contribution in [0.1, 0.15) is 37.5 Å². The van der Waals surface area contributed by atoms with Gasteiger partial charge in [-0.3, -0.25) is 4.57 Å². The maximum Gasteiger partial charge on any atom is 0.196 e. The maximum absolute atomic E-state index is 6.39. The molecule has 6 heteroatoms. The van der Waals surface area contributed by atoms with E-state index >= 15 is 0 Å². The van der Waals surface area contributed by atoms with E-state index in [4.69, 9.17) is 23.2 Å². The molecular formula is C26H25Cl2N3S. The molecular weight excluding hydrogens is 457 g/mol. The van der Waals surface area contributed by atoms with Gasteiger partial charge in [0.1, 0.15) is 0 Å². The molecule has 3 aromatic carbocycles. The third kappa shape index (κ3) is 4.73. The first-order chi connectivity index (χ1) is 15.3. The number of nitrogens with zero attached hydrogens (tertiary/aromatic N) is 3. The third-order valence-corrected chi connectivity index (χ3v) is 7.07. The third-order valence-electron chi connectivity index (χ3n) is 5.41. The predicted octanol–water partition coefficient (Wildman–Crippen LogP) is 8.14. The highest BCUT2D eigenvalue weighted by molar-refractivity contribution is 7.98. The Balaban J connectivity index is 1.77. The summed E-state index contributed by atoms with van der Waals surface area (Å²) in [6.07, 6.45) is 0. The second-order valence-electron chi connectivity index (χ2n) is 8.74. The molecule has 0 radical (unpaired) electrons. The number of hydrogen-bond donors (Lipinski definition) is 0. The Morgan fingerprint density at radius 2 is 1.50 bits per heavy atom. The highest BCUT2D eigenvalue weighted by Gasteiger charge is 2.20. The highest BCUT2D eigenvalue weighted by Crippen LogP contribution is 2.35. The molecule has 0 amide bonds. The summed E-state index contributed by atoms with van der Waals surface area (Å²) in [5, 5.41) is 11.2. The molecule has 32 heavy (non-hydrogen) atoms. The van der Waals surface area contributed by atoms with Crippen molar-refractivity contribution in [3.8, 4) is 17.1 Å². The Labute approximate surface area is 203 Å². The molecule has 0 N–H and O–H groups in total. The van der Waals surface area contributed by atoms with Crippen LogP contribution in [-0.4, -0.2) is 14.8 Å². The lowest BCUT2D eigenvalue weighted by Crippen LogP contribution is -2.10. The maximum atomic E-state index is 6.39. The molecule has 0 unspecified atom stereocenters. The van der Waals surface area contributed by atoms with Crippen LogP contribution in [0.25, 0.3) is 17.1 Å². The van der Waals surface area contributed by atoms with Gasteiger partial charge in [-0.15, -0.1) is 10.2 Å². The van der Waals surface area contributed by atoms with Gasteiger partial charge in [0.2, 0.25) is 0 Å². The first-order valence-corrected chi connectivity index (χ1v) is 12.2. The van der Waals surface area contributed by atoms with Crippen LogP contribution < -0.4 is 0 Å². The normalized spacial score (nSPS) is 11.7. The standard InChI is InChI=1S/C26H25Cl2N3S/c1-17-8-5-6-11-23(17)31-24(18-12-14-19(15-13-18)26(2,3)4)29-30-25(31)32-16-20-21(27)9-7-10-22(20)28/h5-15H,16H2,1-4H3. The van der Waals surface area contributed by atoms with E-state index in [1.165, 1.54) is 5.56 Å². The van der Waals surface area contributed by atoms with Crippen LogP contribution in [0.2, 0.25) is 10.0 Å². The summed E-state index contributed by atoms with van der Waals surface area (Å²) in [6.45, 7) is 8.74. The van der Waals surface area contributed by atoms with Crippen molar-refractivity contribution in [2.24, 2.45) is 0 Å². The Morgan fingerprint density at radius 1 is 0.844 bits per heavy atom. The van der Waals surface area contributed by atoms with E-state index < -0.39 is 0 Å². The Kier molecular flexibility index (Phi) is 6.66. The van der Waals surface area contributed by atoms with Gasteiger partial charge in [-0.25, -0.2) is 0 Å². The van der Waals surface area contributed by atoms with Crippen molar-refractivity contribution < 1.29 is 0 Å². The van der Waals surface area contributed by atoms with E-state index in [-0.39, 0.29) is 5.41 Å². The molecule has 4 rings (SSSR count). The second-order valence-corrected chi connectivity index (χ2v) is 10.5. The second kappa shape index (κ2) is 9.30. The van der Waals surface area contributed by atoms with Crippen molar-refractivity contribution in [3.63, 3.8) is 0 Å². The average molecular weight is 482 g/mol. The van der Waals surface area contributed by atoms with Gasteiger partial charge in [0.05, 0.1) is 5.69 Å². The summed E-state index contributed by atoms with van der Waals surface area (Å²) in [5.74, 6) is 1.42. The molecule has 0 bridgehead atoms. The molecule has 0 fully saturated rings. The molecule has 164 valence electrons. The van der Waals surface area contributed by atoms with Crippen LogP contribution in [0.15, 0.2) is 71.9 Å². The zero-order chi connectivity index (χ0) is 22.9. The summed E-state index contributed by atoms with van der Waals surface area (Å²) >= 11 is 14.4. The molecule has 0 saturated carbocycles. The lowest BCUT2D eigenvalue weighted by atomic mass is 9.87. The molecule has 3 nitrogen and oxygen atoms in total. The van der Waals surface area contributed by atoms with Crippen LogP contribution in [0.3, 0.4) is 0 Å². The van der Waals surface area contributed by atoms with Crippen LogP contribution in [0, 0.1) is 6.92 Å². The number of halogens is 2. The predicted molar refractivity (Wildman–Crippen MR) is 136 cm³/mol. The summed E-state index contributed by atoms with van der Waals surface area (Å²) < 4.78 is 2.12. The Bertz CT molecular complexity index is 1220. The quantitative estimate of drug-likeness (QED) is 0.269.